The zero-order valence-electron chi connectivity index (χ0n) is 12.7. The van der Waals surface area contributed by atoms with Crippen LogP contribution in [0.4, 0.5) is 0 Å². The van der Waals surface area contributed by atoms with E-state index in [1.54, 1.807) is 0 Å². The van der Waals surface area contributed by atoms with Gasteiger partial charge in [-0.15, -0.1) is 0 Å². The zero-order chi connectivity index (χ0) is 14.2. The first-order chi connectivity index (χ1) is 9.79. The summed E-state index contributed by atoms with van der Waals surface area (Å²) in [6.45, 7) is 5.76. The average molecular weight is 282 g/mol. The van der Waals surface area contributed by atoms with Crippen molar-refractivity contribution in [3.8, 4) is 0 Å². The van der Waals surface area contributed by atoms with Gasteiger partial charge in [-0.25, -0.2) is 0 Å². The molecule has 2 fully saturated rings. The van der Waals surface area contributed by atoms with Crippen LogP contribution in [0.1, 0.15) is 51.4 Å². The van der Waals surface area contributed by atoms with Gasteiger partial charge in [-0.3, -0.25) is 4.79 Å². The van der Waals surface area contributed by atoms with Crippen molar-refractivity contribution in [2.75, 3.05) is 39.3 Å². The summed E-state index contributed by atoms with van der Waals surface area (Å²) in [6.07, 6.45) is 8.77. The van der Waals surface area contributed by atoms with E-state index < -0.39 is 0 Å². The van der Waals surface area contributed by atoms with Gasteiger partial charge < -0.3 is 14.9 Å². The fraction of sp³-hybridized carbons (Fsp3) is 0.938. The van der Waals surface area contributed by atoms with Crippen molar-refractivity contribution < 1.29 is 9.90 Å². The lowest BCUT2D eigenvalue weighted by atomic mass is 9.93. The van der Waals surface area contributed by atoms with Gasteiger partial charge in [-0.2, -0.15) is 0 Å². The van der Waals surface area contributed by atoms with Crippen molar-refractivity contribution in [2.24, 2.45) is 5.92 Å². The number of amides is 1. The number of piperidine rings is 1. The van der Waals surface area contributed by atoms with Crippen LogP contribution in [0.25, 0.3) is 0 Å². The van der Waals surface area contributed by atoms with Gasteiger partial charge in [0.1, 0.15) is 0 Å². The Morgan fingerprint density at radius 3 is 2.35 bits per heavy atom. The fourth-order valence-corrected chi connectivity index (χ4v) is 3.38. The summed E-state index contributed by atoms with van der Waals surface area (Å²) in [4.78, 5) is 16.7. The first-order valence-electron chi connectivity index (χ1n) is 8.40. The lowest BCUT2D eigenvalue weighted by molar-refractivity contribution is -0.131. The van der Waals surface area contributed by atoms with Crippen LogP contribution in [0.3, 0.4) is 0 Å². The normalized spacial score (nSPS) is 21.6. The Hall–Kier alpha value is -0.610. The van der Waals surface area contributed by atoms with Gasteiger partial charge in [0, 0.05) is 26.1 Å². The number of aliphatic hydroxyl groups excluding tert-OH is 1. The van der Waals surface area contributed by atoms with Gasteiger partial charge in [-0.05, 0) is 70.5 Å². The highest BCUT2D eigenvalue weighted by Crippen LogP contribution is 2.22. The Morgan fingerprint density at radius 1 is 1.00 bits per heavy atom. The van der Waals surface area contributed by atoms with Crippen molar-refractivity contribution in [1.82, 2.24) is 9.80 Å². The maximum Gasteiger partial charge on any atom is 0.222 e. The summed E-state index contributed by atoms with van der Waals surface area (Å²) in [5, 5.41) is 8.76. The first kappa shape index (κ1) is 15.8. The molecule has 116 valence electrons. The van der Waals surface area contributed by atoms with E-state index in [1.807, 2.05) is 0 Å². The largest absolute Gasteiger partial charge is 0.396 e. The van der Waals surface area contributed by atoms with E-state index >= 15 is 0 Å². The van der Waals surface area contributed by atoms with Crippen LogP contribution in [-0.4, -0.2) is 60.1 Å². The van der Waals surface area contributed by atoms with Crippen LogP contribution in [0.2, 0.25) is 0 Å². The van der Waals surface area contributed by atoms with Crippen LogP contribution >= 0.6 is 0 Å². The summed E-state index contributed by atoms with van der Waals surface area (Å²) in [5.41, 5.74) is 0. The van der Waals surface area contributed by atoms with E-state index in [0.717, 1.165) is 52.0 Å². The van der Waals surface area contributed by atoms with E-state index in [1.165, 1.54) is 32.1 Å². The molecule has 0 aromatic rings. The quantitative estimate of drug-likeness (QED) is 0.725. The SMILES string of the molecule is O=C(CC1CCN(CCCCCO)CC1)N1CCCC1. The second kappa shape index (κ2) is 8.63. The van der Waals surface area contributed by atoms with E-state index in [4.69, 9.17) is 5.11 Å². The van der Waals surface area contributed by atoms with Crippen LogP contribution in [0.5, 0.6) is 0 Å². The number of rotatable bonds is 7. The molecule has 0 aliphatic carbocycles. The molecule has 4 heteroatoms. The van der Waals surface area contributed by atoms with Crippen LogP contribution in [0.15, 0.2) is 0 Å². The Balaban J connectivity index is 1.58. The maximum absolute atomic E-state index is 12.1. The van der Waals surface area contributed by atoms with Crippen molar-refractivity contribution >= 4 is 5.91 Å². The number of hydrogen-bond donors (Lipinski definition) is 1. The number of carbonyl (C=O) groups excluding carboxylic acids is 1. The third-order valence-electron chi connectivity index (χ3n) is 4.76. The molecule has 2 aliphatic rings. The molecule has 0 atom stereocenters. The summed E-state index contributed by atoms with van der Waals surface area (Å²) in [7, 11) is 0. The first-order valence-corrected chi connectivity index (χ1v) is 8.40. The molecule has 0 aromatic carbocycles. The fourth-order valence-electron chi connectivity index (χ4n) is 3.38. The molecule has 1 N–H and O–H groups in total. The van der Waals surface area contributed by atoms with Crippen molar-refractivity contribution in [3.05, 3.63) is 0 Å². The predicted octanol–water partition coefficient (Wildman–Crippen LogP) is 1.87. The Labute approximate surface area is 123 Å². The van der Waals surface area contributed by atoms with Crippen LogP contribution in [-0.2, 0) is 4.79 Å². The molecular formula is C16H30N2O2. The number of hydrogen-bond acceptors (Lipinski definition) is 3. The Kier molecular flexibility index (Phi) is 6.80. The predicted molar refractivity (Wildman–Crippen MR) is 80.5 cm³/mol. The molecule has 2 heterocycles. The summed E-state index contributed by atoms with van der Waals surface area (Å²) < 4.78 is 0. The molecule has 20 heavy (non-hydrogen) atoms. The minimum atomic E-state index is 0.320. The van der Waals surface area contributed by atoms with Gasteiger partial charge in [0.05, 0.1) is 0 Å². The monoisotopic (exact) mass is 282 g/mol. The molecule has 2 aliphatic heterocycles. The van der Waals surface area contributed by atoms with Gasteiger partial charge in [-0.1, -0.05) is 0 Å². The molecule has 4 nitrogen and oxygen atoms in total. The second-order valence-electron chi connectivity index (χ2n) is 6.36. The number of aliphatic hydroxyl groups is 1. The highest BCUT2D eigenvalue weighted by Gasteiger charge is 2.24. The molecule has 0 unspecified atom stereocenters. The number of nitrogens with zero attached hydrogens (tertiary/aromatic N) is 2. The highest BCUT2D eigenvalue weighted by atomic mass is 16.2. The Morgan fingerprint density at radius 2 is 1.70 bits per heavy atom. The second-order valence-corrected chi connectivity index (χ2v) is 6.36. The summed E-state index contributed by atoms with van der Waals surface area (Å²) in [6, 6.07) is 0. The maximum atomic E-state index is 12.1. The molecule has 2 rings (SSSR count). The van der Waals surface area contributed by atoms with Gasteiger partial charge >= 0.3 is 0 Å². The summed E-state index contributed by atoms with van der Waals surface area (Å²) in [5.74, 6) is 1.00. The topological polar surface area (TPSA) is 43.8 Å². The molecule has 2 saturated heterocycles. The molecule has 0 spiro atoms. The lowest BCUT2D eigenvalue weighted by Crippen LogP contribution is -2.37. The third kappa shape index (κ3) is 5.06. The number of carbonyl (C=O) groups is 1. The third-order valence-corrected chi connectivity index (χ3v) is 4.76. The zero-order valence-corrected chi connectivity index (χ0v) is 12.7. The van der Waals surface area contributed by atoms with Crippen LogP contribution in [0, 0.1) is 5.92 Å². The van der Waals surface area contributed by atoms with Gasteiger partial charge in [0.15, 0.2) is 0 Å². The number of likely N-dealkylation sites (tertiary alicyclic amines) is 2. The molecule has 1 amide bonds. The van der Waals surface area contributed by atoms with E-state index in [-0.39, 0.29) is 0 Å². The molecular weight excluding hydrogens is 252 g/mol. The van der Waals surface area contributed by atoms with E-state index in [2.05, 4.69) is 9.80 Å². The standard InChI is InChI=1S/C16H30N2O2/c19-13-5-1-2-8-17-11-6-15(7-12-17)14-16(20)18-9-3-4-10-18/h15,19H,1-14H2. The minimum Gasteiger partial charge on any atom is -0.396 e. The summed E-state index contributed by atoms with van der Waals surface area (Å²) >= 11 is 0. The van der Waals surface area contributed by atoms with Gasteiger partial charge in [0.25, 0.3) is 0 Å². The highest BCUT2D eigenvalue weighted by molar-refractivity contribution is 5.76. The van der Waals surface area contributed by atoms with Crippen molar-refractivity contribution in [3.63, 3.8) is 0 Å². The van der Waals surface area contributed by atoms with E-state index in [0.29, 0.717) is 18.4 Å². The lowest BCUT2D eigenvalue weighted by Gasteiger charge is -2.32. The van der Waals surface area contributed by atoms with Crippen LogP contribution < -0.4 is 0 Å². The average Bonchev–Trinajstić information content (AvgIpc) is 3.00. The van der Waals surface area contributed by atoms with Crippen molar-refractivity contribution in [2.45, 2.75) is 51.4 Å². The minimum absolute atomic E-state index is 0.320. The molecule has 0 bridgehead atoms. The molecule has 0 aromatic heterocycles. The number of unbranched alkanes of at least 4 members (excludes halogenated alkanes) is 2. The van der Waals surface area contributed by atoms with E-state index in [9.17, 15) is 4.79 Å². The smallest absolute Gasteiger partial charge is 0.222 e. The van der Waals surface area contributed by atoms with Crippen molar-refractivity contribution in [1.29, 1.82) is 0 Å². The van der Waals surface area contributed by atoms with Gasteiger partial charge in [0.2, 0.25) is 5.91 Å². The molecule has 0 radical (unpaired) electrons. The Bertz CT molecular complexity index is 282. The molecule has 0 saturated carbocycles.